The molecular formula is C20H17Cl3N4O5. The summed E-state index contributed by atoms with van der Waals surface area (Å²) in [6, 6.07) is 4.30. The maximum absolute atomic E-state index is 12.8. The molecule has 12 heteroatoms. The van der Waals surface area contributed by atoms with Crippen molar-refractivity contribution in [3.8, 4) is 17.3 Å². The lowest BCUT2D eigenvalue weighted by Gasteiger charge is -2.20. The van der Waals surface area contributed by atoms with Crippen LogP contribution in [0, 0.1) is 6.92 Å². The molecule has 3 N–H and O–H groups in total. The second kappa shape index (κ2) is 9.64. The minimum Gasteiger partial charge on any atom is -0.484 e. The van der Waals surface area contributed by atoms with E-state index in [4.69, 9.17) is 50.0 Å². The third kappa shape index (κ3) is 4.74. The normalized spacial score (nSPS) is 10.8. The lowest BCUT2D eigenvalue weighted by atomic mass is 10.2. The van der Waals surface area contributed by atoms with Crippen molar-refractivity contribution in [2.45, 2.75) is 6.92 Å². The Hall–Kier alpha value is -3.01. The van der Waals surface area contributed by atoms with E-state index < -0.39 is 17.9 Å². The van der Waals surface area contributed by atoms with Crippen LogP contribution in [0.15, 0.2) is 29.2 Å². The highest BCUT2D eigenvalue weighted by Crippen LogP contribution is 2.38. The fourth-order valence-corrected chi connectivity index (χ4v) is 3.87. The second-order valence-corrected chi connectivity index (χ2v) is 7.79. The molecule has 3 aromatic rings. The van der Waals surface area contributed by atoms with Crippen molar-refractivity contribution in [2.24, 2.45) is 5.73 Å². The lowest BCUT2D eigenvalue weighted by molar-refractivity contribution is -0.122. The number of nitrogens with one attached hydrogen (secondary N) is 1. The molecule has 0 radical (unpaired) electrons. The number of carbonyl (C=O) groups is 2. The van der Waals surface area contributed by atoms with E-state index in [1.54, 1.807) is 11.5 Å². The van der Waals surface area contributed by atoms with E-state index in [2.05, 4.69) is 10.3 Å². The van der Waals surface area contributed by atoms with Gasteiger partial charge in [0.2, 0.25) is 5.88 Å². The number of halogens is 3. The highest BCUT2D eigenvalue weighted by molar-refractivity contribution is 6.39. The molecule has 2 amide bonds. The van der Waals surface area contributed by atoms with E-state index >= 15 is 0 Å². The van der Waals surface area contributed by atoms with Gasteiger partial charge in [-0.2, -0.15) is 0 Å². The molecule has 3 rings (SSSR count). The molecule has 0 bridgehead atoms. The number of nitrogens with two attached hydrogens (primary N) is 1. The Balaban J connectivity index is 2.23. The SMILES string of the molecule is CNC(=O)COc1cc(Cl)c(-n2c(C)cc(=O)c3c(OCC(N)=O)ncc(Cl)c32)c(Cl)c1. The zero-order valence-corrected chi connectivity index (χ0v) is 19.1. The second-order valence-electron chi connectivity index (χ2n) is 6.57. The van der Waals surface area contributed by atoms with E-state index in [9.17, 15) is 14.4 Å². The average molecular weight is 500 g/mol. The van der Waals surface area contributed by atoms with Gasteiger partial charge in [0.25, 0.3) is 11.8 Å². The number of rotatable bonds is 7. The summed E-state index contributed by atoms with van der Waals surface area (Å²) < 4.78 is 12.3. The van der Waals surface area contributed by atoms with Gasteiger partial charge in [-0.15, -0.1) is 0 Å². The van der Waals surface area contributed by atoms with E-state index in [1.165, 1.54) is 31.4 Å². The molecule has 0 aliphatic rings. The smallest absolute Gasteiger partial charge is 0.257 e. The predicted octanol–water partition coefficient (Wildman–Crippen LogP) is 2.64. The number of hydrogen-bond acceptors (Lipinski definition) is 6. The number of amides is 2. The Morgan fingerprint density at radius 2 is 1.75 bits per heavy atom. The third-order valence-corrected chi connectivity index (χ3v) is 5.20. The number of nitrogens with zero attached hydrogens (tertiary/aromatic N) is 2. The molecule has 0 saturated heterocycles. The summed E-state index contributed by atoms with van der Waals surface area (Å²) in [5.41, 5.74) is 5.72. The van der Waals surface area contributed by atoms with Gasteiger partial charge in [0, 0.05) is 30.9 Å². The van der Waals surface area contributed by atoms with Gasteiger partial charge in [0.05, 0.1) is 32.5 Å². The van der Waals surface area contributed by atoms with Crippen molar-refractivity contribution in [3.05, 3.63) is 55.4 Å². The quantitative estimate of drug-likeness (QED) is 0.515. The molecule has 0 spiro atoms. The standard InChI is InChI=1S/C20H17Cl3N4O5/c1-9-3-14(28)17-19(13(23)6-26-20(17)32-7-15(24)29)27(9)18-11(21)4-10(5-12(18)22)31-8-16(30)25-2/h3-6H,7-8H2,1-2H3,(H2,24,29)(H,25,30). The molecule has 0 aliphatic carbocycles. The maximum Gasteiger partial charge on any atom is 0.257 e. The van der Waals surface area contributed by atoms with Gasteiger partial charge in [0.1, 0.15) is 11.1 Å². The van der Waals surface area contributed by atoms with Crippen LogP contribution in [0.4, 0.5) is 0 Å². The van der Waals surface area contributed by atoms with E-state index in [0.29, 0.717) is 11.4 Å². The van der Waals surface area contributed by atoms with Crippen LogP contribution in [-0.2, 0) is 9.59 Å². The van der Waals surface area contributed by atoms with Gasteiger partial charge in [-0.05, 0) is 6.92 Å². The summed E-state index contributed by atoms with van der Waals surface area (Å²) in [4.78, 5) is 39.3. The molecule has 32 heavy (non-hydrogen) atoms. The van der Waals surface area contributed by atoms with Crippen molar-refractivity contribution in [3.63, 3.8) is 0 Å². The summed E-state index contributed by atoms with van der Waals surface area (Å²) in [6.07, 6.45) is 1.28. The molecule has 0 saturated carbocycles. The van der Waals surface area contributed by atoms with Crippen molar-refractivity contribution in [1.29, 1.82) is 0 Å². The molecule has 2 aromatic heterocycles. The van der Waals surface area contributed by atoms with Crippen LogP contribution < -0.4 is 26.0 Å². The van der Waals surface area contributed by atoms with Gasteiger partial charge in [-0.3, -0.25) is 14.4 Å². The Bertz CT molecular complexity index is 1270. The molecule has 9 nitrogen and oxygen atoms in total. The lowest BCUT2D eigenvalue weighted by Crippen LogP contribution is -2.24. The highest BCUT2D eigenvalue weighted by Gasteiger charge is 2.21. The molecule has 0 atom stereocenters. The van der Waals surface area contributed by atoms with Crippen LogP contribution in [0.1, 0.15) is 5.69 Å². The van der Waals surface area contributed by atoms with Crippen LogP contribution in [0.2, 0.25) is 15.1 Å². The van der Waals surface area contributed by atoms with Crippen molar-refractivity contribution in [2.75, 3.05) is 20.3 Å². The van der Waals surface area contributed by atoms with Gasteiger partial charge in [0.15, 0.2) is 18.6 Å². The summed E-state index contributed by atoms with van der Waals surface area (Å²) >= 11 is 19.4. The summed E-state index contributed by atoms with van der Waals surface area (Å²) in [6.45, 7) is 0.973. The van der Waals surface area contributed by atoms with E-state index in [-0.39, 0.29) is 50.1 Å². The number of benzene rings is 1. The van der Waals surface area contributed by atoms with Crippen LogP contribution in [-0.4, -0.2) is 41.6 Å². The minimum atomic E-state index is -0.735. The van der Waals surface area contributed by atoms with Crippen LogP contribution in [0.3, 0.4) is 0 Å². The van der Waals surface area contributed by atoms with Gasteiger partial charge < -0.3 is 25.1 Å². The Morgan fingerprint density at radius 3 is 2.34 bits per heavy atom. The monoisotopic (exact) mass is 498 g/mol. The third-order valence-electron chi connectivity index (χ3n) is 4.35. The number of hydrogen-bond donors (Lipinski definition) is 2. The van der Waals surface area contributed by atoms with Crippen molar-refractivity contribution < 1.29 is 19.1 Å². The van der Waals surface area contributed by atoms with Crippen LogP contribution >= 0.6 is 34.8 Å². The average Bonchev–Trinajstić information content (AvgIpc) is 2.72. The minimum absolute atomic E-state index is 0.0245. The zero-order chi connectivity index (χ0) is 23.6. The molecular weight excluding hydrogens is 483 g/mol. The van der Waals surface area contributed by atoms with E-state index in [0.717, 1.165) is 0 Å². The zero-order valence-electron chi connectivity index (χ0n) is 16.9. The summed E-state index contributed by atoms with van der Waals surface area (Å²) in [5.74, 6) is -0.902. The molecule has 0 fully saturated rings. The molecule has 0 unspecified atom stereocenters. The Morgan fingerprint density at radius 1 is 1.09 bits per heavy atom. The van der Waals surface area contributed by atoms with Crippen LogP contribution in [0.25, 0.3) is 16.6 Å². The fourth-order valence-electron chi connectivity index (χ4n) is 3.00. The maximum atomic E-state index is 12.8. The van der Waals surface area contributed by atoms with Gasteiger partial charge in [-0.25, -0.2) is 4.98 Å². The van der Waals surface area contributed by atoms with Gasteiger partial charge >= 0.3 is 0 Å². The van der Waals surface area contributed by atoms with E-state index in [1.807, 2.05) is 0 Å². The Labute approximate surface area is 197 Å². The Kier molecular flexibility index (Phi) is 7.12. The molecule has 0 aliphatic heterocycles. The number of aromatic nitrogens is 2. The number of pyridine rings is 2. The number of primary amides is 1. The fraction of sp³-hybridized carbons (Fsp3) is 0.200. The number of fused-ring (bicyclic) bond motifs is 1. The first-order valence-electron chi connectivity index (χ1n) is 9.08. The van der Waals surface area contributed by atoms with Crippen molar-refractivity contribution in [1.82, 2.24) is 14.9 Å². The number of ether oxygens (including phenoxy) is 2. The topological polar surface area (TPSA) is 126 Å². The largest absolute Gasteiger partial charge is 0.484 e. The first-order chi connectivity index (χ1) is 15.1. The number of likely N-dealkylation sites (N-methyl/N-ethyl adjacent to an activating group) is 1. The number of carbonyl (C=O) groups excluding carboxylic acids is 2. The van der Waals surface area contributed by atoms with Crippen LogP contribution in [0.5, 0.6) is 11.6 Å². The molecule has 168 valence electrons. The first kappa shape index (κ1) is 23.6. The van der Waals surface area contributed by atoms with Crippen molar-refractivity contribution >= 4 is 57.5 Å². The predicted molar refractivity (Wildman–Crippen MR) is 121 cm³/mol. The summed E-state index contributed by atoms with van der Waals surface area (Å²) in [7, 11) is 1.49. The molecule has 1 aromatic carbocycles. The first-order valence-corrected chi connectivity index (χ1v) is 10.2. The molecule has 2 heterocycles. The highest BCUT2D eigenvalue weighted by atomic mass is 35.5. The number of aryl methyl sites for hydroxylation is 1. The van der Waals surface area contributed by atoms with Gasteiger partial charge in [-0.1, -0.05) is 34.8 Å². The summed E-state index contributed by atoms with van der Waals surface area (Å²) in [5, 5.41) is 2.93.